The van der Waals surface area contributed by atoms with Crippen LogP contribution in [0.25, 0.3) is 0 Å². The van der Waals surface area contributed by atoms with Crippen LogP contribution in [0.5, 0.6) is 0 Å². The molecule has 3 aromatic rings. The molecule has 0 saturated carbocycles. The summed E-state index contributed by atoms with van der Waals surface area (Å²) in [7, 11) is 1.60. The predicted octanol–water partition coefficient (Wildman–Crippen LogP) is 5.00. The normalized spacial score (nSPS) is 20.7. The summed E-state index contributed by atoms with van der Waals surface area (Å²) in [5.74, 6) is -2.00. The summed E-state index contributed by atoms with van der Waals surface area (Å²) in [6, 6.07) is 11.5. The molecule has 5 heterocycles. The van der Waals surface area contributed by atoms with Gasteiger partial charge in [-0.2, -0.15) is 18.4 Å². The first-order valence-corrected chi connectivity index (χ1v) is 15.1. The summed E-state index contributed by atoms with van der Waals surface area (Å²) >= 11 is 0. The van der Waals surface area contributed by atoms with Gasteiger partial charge in [-0.1, -0.05) is 24.8 Å². The predicted molar refractivity (Wildman–Crippen MR) is 167 cm³/mol. The van der Waals surface area contributed by atoms with Crippen molar-refractivity contribution < 1.29 is 27.6 Å². The summed E-state index contributed by atoms with van der Waals surface area (Å²) in [5.41, 5.74) is 3.46. The molecule has 13 heteroatoms. The quantitative estimate of drug-likeness (QED) is 0.360. The van der Waals surface area contributed by atoms with Gasteiger partial charge in [-0.15, -0.1) is 0 Å². The van der Waals surface area contributed by atoms with Gasteiger partial charge >= 0.3 is 6.18 Å². The number of hydrogen-bond donors (Lipinski definition) is 0. The maximum Gasteiger partial charge on any atom is 0.416 e. The Morgan fingerprint density at radius 2 is 1.91 bits per heavy atom. The lowest BCUT2D eigenvalue weighted by molar-refractivity contribution is -0.137. The largest absolute Gasteiger partial charge is 0.416 e. The molecule has 1 saturated heterocycles. The number of hydrogen-bond acceptors (Lipinski definition) is 7. The minimum absolute atomic E-state index is 0.0618. The molecule has 0 bridgehead atoms. The lowest BCUT2D eigenvalue weighted by Gasteiger charge is -2.39. The maximum absolute atomic E-state index is 14.1. The van der Waals surface area contributed by atoms with E-state index in [4.69, 9.17) is 4.98 Å². The number of likely N-dealkylation sites (N-methyl/N-ethyl adjacent to an activating group) is 1. The first kappa shape index (κ1) is 31.7. The van der Waals surface area contributed by atoms with Crippen LogP contribution in [0.1, 0.15) is 52.7 Å². The summed E-state index contributed by atoms with van der Waals surface area (Å²) in [6.07, 6.45) is -3.45. The van der Waals surface area contributed by atoms with E-state index in [1.807, 2.05) is 36.1 Å². The third-order valence-electron chi connectivity index (χ3n) is 9.07. The molecule has 3 atom stereocenters. The molecule has 10 nitrogen and oxygen atoms in total. The molecule has 3 amide bonds. The van der Waals surface area contributed by atoms with Gasteiger partial charge in [-0.3, -0.25) is 24.3 Å². The number of carbonyl (C=O) groups is 3. The van der Waals surface area contributed by atoms with Crippen LogP contribution in [0.15, 0.2) is 55.1 Å². The van der Waals surface area contributed by atoms with Gasteiger partial charge in [0.1, 0.15) is 11.9 Å². The minimum Gasteiger partial charge on any atom is -0.363 e. The highest BCUT2D eigenvalue weighted by Crippen LogP contribution is 2.42. The number of amides is 3. The van der Waals surface area contributed by atoms with Crippen LogP contribution < -0.4 is 14.7 Å². The number of rotatable bonds is 5. The van der Waals surface area contributed by atoms with Crippen molar-refractivity contribution in [2.24, 2.45) is 5.92 Å². The number of anilines is 3. The van der Waals surface area contributed by atoms with Gasteiger partial charge in [-0.25, -0.2) is 4.98 Å². The molecular weight excluding hydrogens is 611 g/mol. The highest BCUT2D eigenvalue weighted by molar-refractivity contribution is 6.10. The molecule has 47 heavy (non-hydrogen) atoms. The first-order chi connectivity index (χ1) is 22.3. The van der Waals surface area contributed by atoms with Crippen molar-refractivity contribution >= 4 is 34.9 Å². The zero-order valence-corrected chi connectivity index (χ0v) is 26.1. The number of pyridine rings is 2. The smallest absolute Gasteiger partial charge is 0.363 e. The Hall–Kier alpha value is -5.25. The van der Waals surface area contributed by atoms with Crippen LogP contribution in [-0.4, -0.2) is 52.2 Å². The molecule has 0 aliphatic carbocycles. The summed E-state index contributed by atoms with van der Waals surface area (Å²) in [4.78, 5) is 55.6. The number of nitrogens with zero attached hydrogens (tertiary/aromatic N) is 7. The Kier molecular flexibility index (Phi) is 7.99. The van der Waals surface area contributed by atoms with Crippen LogP contribution in [0.3, 0.4) is 0 Å². The molecule has 1 fully saturated rings. The molecule has 0 radical (unpaired) electrons. The van der Waals surface area contributed by atoms with Crippen molar-refractivity contribution in [1.29, 1.82) is 5.26 Å². The number of aryl methyl sites for hydroxylation is 2. The van der Waals surface area contributed by atoms with Crippen LogP contribution in [0.4, 0.5) is 30.4 Å². The Morgan fingerprint density at radius 3 is 2.62 bits per heavy atom. The number of aromatic nitrogens is 2. The second kappa shape index (κ2) is 11.8. The molecule has 2 aromatic heterocycles. The van der Waals surface area contributed by atoms with E-state index in [0.29, 0.717) is 23.6 Å². The van der Waals surface area contributed by atoms with E-state index in [2.05, 4.69) is 17.6 Å². The van der Waals surface area contributed by atoms with E-state index in [9.17, 15) is 32.8 Å². The molecule has 0 N–H and O–H groups in total. The zero-order chi connectivity index (χ0) is 33.8. The second-order valence-corrected chi connectivity index (χ2v) is 12.1. The highest BCUT2D eigenvalue weighted by atomic mass is 19.4. The molecule has 0 spiro atoms. The van der Waals surface area contributed by atoms with Gasteiger partial charge in [-0.05, 0) is 55.3 Å². The monoisotopic (exact) mass is 643 g/mol. The second-order valence-electron chi connectivity index (χ2n) is 12.1. The van der Waals surface area contributed by atoms with Crippen molar-refractivity contribution in [1.82, 2.24) is 14.9 Å². The molecule has 242 valence electrons. The number of nitriles is 1. The zero-order valence-electron chi connectivity index (χ0n) is 26.1. The number of alkyl halides is 3. The molecule has 3 aliphatic rings. The maximum atomic E-state index is 14.1. The fourth-order valence-corrected chi connectivity index (χ4v) is 6.98. The van der Waals surface area contributed by atoms with Gasteiger partial charge in [0, 0.05) is 38.2 Å². The standard InChI is InChI=1S/C34H32F3N7O3/c1-5-28(45)43-17-21-9-10-24(40-30(21)25(43)11-12-38)18-42-16-22-14-29(46)44(27-15-23(34(35,36)37)13-20(3)39-27)32(22)33(47)41(4)26-8-6-7-19(2)31(26)42/h5-10,13,15,22,25,32H,1,11,14,16-18H2,2-4H3/t22-,25+,32+/m1/s1. The number of benzene rings is 1. The number of para-hydroxylation sites is 1. The summed E-state index contributed by atoms with van der Waals surface area (Å²) < 4.78 is 41.3. The van der Waals surface area contributed by atoms with Crippen molar-refractivity contribution in [3.8, 4) is 6.07 Å². The van der Waals surface area contributed by atoms with Gasteiger partial charge in [0.15, 0.2) is 0 Å². The Bertz CT molecular complexity index is 1850. The van der Waals surface area contributed by atoms with Crippen molar-refractivity contribution in [2.75, 3.05) is 28.3 Å². The fourth-order valence-electron chi connectivity index (χ4n) is 6.98. The number of carbonyl (C=O) groups excluding carboxylic acids is 3. The van der Waals surface area contributed by atoms with Gasteiger partial charge < -0.3 is 14.7 Å². The average molecular weight is 644 g/mol. The third kappa shape index (κ3) is 5.58. The van der Waals surface area contributed by atoms with E-state index in [1.54, 1.807) is 18.0 Å². The molecule has 3 aliphatic heterocycles. The van der Waals surface area contributed by atoms with Gasteiger partial charge in [0.2, 0.25) is 17.7 Å². The van der Waals surface area contributed by atoms with E-state index < -0.39 is 41.6 Å². The Balaban J connectivity index is 1.41. The van der Waals surface area contributed by atoms with E-state index in [1.165, 1.54) is 17.9 Å². The Morgan fingerprint density at radius 1 is 1.15 bits per heavy atom. The highest BCUT2D eigenvalue weighted by Gasteiger charge is 2.49. The third-order valence-corrected chi connectivity index (χ3v) is 9.07. The van der Waals surface area contributed by atoms with Crippen LogP contribution in [-0.2, 0) is 33.6 Å². The summed E-state index contributed by atoms with van der Waals surface area (Å²) in [5, 5.41) is 9.51. The van der Waals surface area contributed by atoms with Crippen molar-refractivity contribution in [2.45, 2.75) is 58.0 Å². The SMILES string of the molecule is C=CC(=O)N1Cc2ccc(CN3C[C@H]4CC(=O)N(c5cc(C(F)(F)F)cc(C)n5)[C@@H]4C(=O)N(C)c4cccc(C)c43)nc2[C@@H]1CC#N. The number of halogens is 3. The van der Waals surface area contributed by atoms with Gasteiger partial charge in [0.25, 0.3) is 0 Å². The van der Waals surface area contributed by atoms with E-state index >= 15 is 0 Å². The van der Waals surface area contributed by atoms with Crippen LogP contribution in [0, 0.1) is 31.1 Å². The summed E-state index contributed by atoms with van der Waals surface area (Å²) in [6.45, 7) is 7.72. The number of fused-ring (bicyclic) bond motifs is 3. The van der Waals surface area contributed by atoms with Crippen molar-refractivity contribution in [3.63, 3.8) is 0 Å². The topological polar surface area (TPSA) is 114 Å². The van der Waals surface area contributed by atoms with E-state index in [-0.39, 0.29) is 43.4 Å². The minimum atomic E-state index is -4.66. The van der Waals surface area contributed by atoms with Crippen LogP contribution >= 0.6 is 0 Å². The fraction of sp³-hybridized carbons (Fsp3) is 0.353. The molecule has 1 aromatic carbocycles. The van der Waals surface area contributed by atoms with Crippen LogP contribution in [0.2, 0.25) is 0 Å². The lowest BCUT2D eigenvalue weighted by atomic mass is 9.94. The first-order valence-electron chi connectivity index (χ1n) is 15.1. The average Bonchev–Trinajstić information content (AvgIpc) is 3.54. The molecule has 6 rings (SSSR count). The van der Waals surface area contributed by atoms with Crippen molar-refractivity contribution in [3.05, 3.63) is 88.9 Å². The van der Waals surface area contributed by atoms with Gasteiger partial charge in [0.05, 0.1) is 53.4 Å². The lowest BCUT2D eigenvalue weighted by Crippen LogP contribution is -2.52. The molecular formula is C34H32F3N7O3. The molecule has 0 unspecified atom stereocenters. The Labute approximate surface area is 269 Å². The van der Waals surface area contributed by atoms with E-state index in [0.717, 1.165) is 33.8 Å².